The number of alkyl halides is 3. The average Bonchev–Trinajstić information content (AvgIpc) is 3.28. The Morgan fingerprint density at radius 1 is 0.459 bits per heavy atom. The molecule has 304 valence electrons. The summed E-state index contributed by atoms with van der Waals surface area (Å²) in [7, 11) is -6.01. The smallest absolute Gasteiger partial charge is 0.375 e. The largest absolute Gasteiger partial charge is 0.534 e. The van der Waals surface area contributed by atoms with Crippen LogP contribution in [0.5, 0.6) is 5.75 Å². The van der Waals surface area contributed by atoms with Crippen molar-refractivity contribution in [2.75, 3.05) is 0 Å². The molecule has 5 aromatic carbocycles. The van der Waals surface area contributed by atoms with Crippen LogP contribution in [0.3, 0.4) is 0 Å². The number of hydrogen-bond acceptors (Lipinski definition) is 6. The molecule has 0 saturated carbocycles. The molecule has 8 rings (SSSR count). The van der Waals surface area contributed by atoms with Gasteiger partial charge in [0, 0.05) is 40.8 Å². The van der Waals surface area contributed by atoms with E-state index in [4.69, 9.17) is 4.18 Å². The molecule has 0 N–H and O–H groups in total. The molecule has 0 atom stereocenters. The van der Waals surface area contributed by atoms with Gasteiger partial charge in [-0.25, -0.2) is 0 Å². The van der Waals surface area contributed by atoms with Gasteiger partial charge in [0.2, 0.25) is 0 Å². The maximum absolute atomic E-state index is 13.8. The van der Waals surface area contributed by atoms with Crippen molar-refractivity contribution in [3.8, 4) is 61.8 Å². The van der Waals surface area contributed by atoms with Gasteiger partial charge >= 0.3 is 15.6 Å². The number of hydrogen-bond donors (Lipinski definition) is 0. The summed E-state index contributed by atoms with van der Waals surface area (Å²) in [5.41, 5.74) is 6.73. The lowest BCUT2D eigenvalue weighted by Gasteiger charge is -2.18. The summed E-state index contributed by atoms with van der Waals surface area (Å²) in [4.78, 5) is 13.3. The zero-order valence-corrected chi connectivity index (χ0v) is 34.0. The van der Waals surface area contributed by atoms with Crippen LogP contribution in [-0.4, -0.2) is 28.9 Å². The number of halogens is 3. The zero-order valence-electron chi connectivity index (χ0n) is 33.2. The Kier molecular flexibility index (Phi) is 11.9. The summed E-state index contributed by atoms with van der Waals surface area (Å²) in [6, 6.07) is 50.3. The third-order valence-corrected chi connectivity index (χ3v) is 11.5. The van der Waals surface area contributed by atoms with E-state index in [1.54, 1.807) is 55.0 Å². The zero-order chi connectivity index (χ0) is 42.4. The molecule has 0 aliphatic rings. The van der Waals surface area contributed by atoms with E-state index >= 15 is 0 Å². The molecule has 0 aliphatic carbocycles. The first-order chi connectivity index (χ1) is 29.5. The molecule has 0 bridgehead atoms. The first-order valence-electron chi connectivity index (χ1n) is 19.8. The van der Waals surface area contributed by atoms with Crippen molar-refractivity contribution in [3.05, 3.63) is 204 Å². The maximum atomic E-state index is 13.8. The van der Waals surface area contributed by atoms with Crippen molar-refractivity contribution >= 4 is 10.1 Å². The van der Waals surface area contributed by atoms with E-state index in [0.717, 1.165) is 81.6 Å². The van der Waals surface area contributed by atoms with Gasteiger partial charge in [0.15, 0.2) is 5.75 Å². The average molecular weight is 832 g/mol. The standard InChI is InChI=1S/C51H40F3N3O3S/c1-35-26-29-57-49(30-35)42-24-25-46(50(34-42)60-61(58,59)51(52,53)54)45-9-3-2-8-44(45)43-32-38(14-12-36-16-20-40(21-17-36)47-10-4-6-27-55-47)31-39(33-43)15-13-37-18-22-41(23-19-37)48-11-5-7-28-56-48/h2-11,16-34H,12-15H2,1H3. The lowest BCUT2D eigenvalue weighted by atomic mass is 9.89. The van der Waals surface area contributed by atoms with Crippen molar-refractivity contribution in [2.45, 2.75) is 38.1 Å². The fourth-order valence-corrected chi connectivity index (χ4v) is 7.81. The molecule has 61 heavy (non-hydrogen) atoms. The lowest BCUT2D eigenvalue weighted by molar-refractivity contribution is -0.0499. The second-order valence-corrected chi connectivity index (χ2v) is 16.4. The molecule has 8 aromatic rings. The van der Waals surface area contributed by atoms with E-state index in [-0.39, 0.29) is 5.56 Å². The highest BCUT2D eigenvalue weighted by Gasteiger charge is 2.49. The number of nitrogens with zero attached hydrogens (tertiary/aromatic N) is 3. The fraction of sp³-hybridized carbons (Fsp3) is 0.118. The molecular weight excluding hydrogens is 792 g/mol. The molecule has 0 aliphatic heterocycles. The van der Waals surface area contributed by atoms with Crippen molar-refractivity contribution in [1.29, 1.82) is 0 Å². The number of rotatable bonds is 13. The predicted octanol–water partition coefficient (Wildman–Crippen LogP) is 12.3. The monoisotopic (exact) mass is 831 g/mol. The Balaban J connectivity index is 1.16. The molecule has 3 aromatic heterocycles. The van der Waals surface area contributed by atoms with Crippen LogP contribution in [0.2, 0.25) is 0 Å². The van der Waals surface area contributed by atoms with Crippen LogP contribution in [0.25, 0.3) is 56.0 Å². The Morgan fingerprint density at radius 2 is 0.967 bits per heavy atom. The van der Waals surface area contributed by atoms with Crippen LogP contribution >= 0.6 is 0 Å². The Labute approximate surface area is 353 Å². The first kappa shape index (κ1) is 40.9. The van der Waals surface area contributed by atoms with Crippen molar-refractivity contribution in [3.63, 3.8) is 0 Å². The minimum absolute atomic E-state index is 0.188. The fourth-order valence-electron chi connectivity index (χ4n) is 7.34. The summed E-state index contributed by atoms with van der Waals surface area (Å²) in [6.07, 6.45) is 8.12. The van der Waals surface area contributed by atoms with Gasteiger partial charge in [-0.15, -0.1) is 0 Å². The van der Waals surface area contributed by atoms with Gasteiger partial charge in [-0.05, 0) is 126 Å². The van der Waals surface area contributed by atoms with Gasteiger partial charge in [-0.2, -0.15) is 21.6 Å². The Morgan fingerprint density at radius 3 is 1.49 bits per heavy atom. The number of aryl methyl sites for hydroxylation is 5. The third-order valence-electron chi connectivity index (χ3n) is 10.5. The summed E-state index contributed by atoms with van der Waals surface area (Å²) >= 11 is 0. The Hall–Kier alpha value is -6.91. The molecule has 0 amide bonds. The summed E-state index contributed by atoms with van der Waals surface area (Å²) < 4.78 is 71.5. The lowest BCUT2D eigenvalue weighted by Crippen LogP contribution is -2.28. The van der Waals surface area contributed by atoms with Crippen molar-refractivity contribution in [2.24, 2.45) is 0 Å². The van der Waals surface area contributed by atoms with Crippen LogP contribution in [-0.2, 0) is 35.8 Å². The Bertz CT molecular complexity index is 2780. The minimum atomic E-state index is -6.01. The predicted molar refractivity (Wildman–Crippen MR) is 235 cm³/mol. The van der Waals surface area contributed by atoms with E-state index in [1.807, 2.05) is 55.5 Å². The highest BCUT2D eigenvalue weighted by molar-refractivity contribution is 7.88. The summed E-state index contributed by atoms with van der Waals surface area (Å²) in [5.74, 6) is -0.453. The van der Waals surface area contributed by atoms with E-state index in [0.29, 0.717) is 22.4 Å². The van der Waals surface area contributed by atoms with Crippen LogP contribution in [0.4, 0.5) is 13.2 Å². The van der Waals surface area contributed by atoms with Crippen LogP contribution in [0.1, 0.15) is 27.8 Å². The van der Waals surface area contributed by atoms with Gasteiger partial charge < -0.3 is 4.18 Å². The van der Waals surface area contributed by atoms with Gasteiger partial charge in [0.1, 0.15) is 0 Å². The molecule has 0 radical (unpaired) electrons. The first-order valence-corrected chi connectivity index (χ1v) is 21.2. The molecule has 10 heteroatoms. The van der Waals surface area contributed by atoms with Gasteiger partial charge in [0.05, 0.1) is 17.1 Å². The SMILES string of the molecule is Cc1ccnc(-c2ccc(-c3ccccc3-c3cc(CCc4ccc(-c5ccccn5)cc4)cc(CCc4ccc(-c5ccccn5)cc4)c3)c(OS(=O)(=O)C(F)(F)F)c2)c1. The highest BCUT2D eigenvalue weighted by Crippen LogP contribution is 2.42. The van der Waals surface area contributed by atoms with Crippen LogP contribution in [0.15, 0.2) is 176 Å². The van der Waals surface area contributed by atoms with E-state index in [9.17, 15) is 21.6 Å². The molecule has 0 saturated heterocycles. The van der Waals surface area contributed by atoms with Gasteiger partial charge in [0.25, 0.3) is 0 Å². The van der Waals surface area contributed by atoms with Gasteiger partial charge in [-0.1, -0.05) is 109 Å². The van der Waals surface area contributed by atoms with Crippen LogP contribution < -0.4 is 4.18 Å². The highest BCUT2D eigenvalue weighted by atomic mass is 32.2. The van der Waals surface area contributed by atoms with Gasteiger partial charge in [-0.3, -0.25) is 15.0 Å². The minimum Gasteiger partial charge on any atom is -0.375 e. The second kappa shape index (κ2) is 17.7. The molecule has 3 heterocycles. The molecule has 0 spiro atoms. The molecule has 0 unspecified atom stereocenters. The van der Waals surface area contributed by atoms with Crippen molar-refractivity contribution in [1.82, 2.24) is 15.0 Å². The van der Waals surface area contributed by atoms with E-state index in [2.05, 4.69) is 81.7 Å². The molecular formula is C51H40F3N3O3S. The molecule has 6 nitrogen and oxygen atoms in total. The summed E-state index contributed by atoms with van der Waals surface area (Å²) in [6.45, 7) is 1.86. The number of aromatic nitrogens is 3. The van der Waals surface area contributed by atoms with Crippen LogP contribution in [0, 0.1) is 6.92 Å². The number of pyridine rings is 3. The number of benzene rings is 5. The second-order valence-electron chi connectivity index (χ2n) is 14.8. The third kappa shape index (κ3) is 9.77. The normalized spacial score (nSPS) is 11.7. The topological polar surface area (TPSA) is 82.0 Å². The quantitative estimate of drug-likeness (QED) is 0.0850. The maximum Gasteiger partial charge on any atom is 0.534 e. The van der Waals surface area contributed by atoms with E-state index < -0.39 is 21.4 Å². The van der Waals surface area contributed by atoms with E-state index in [1.165, 1.54) is 6.07 Å². The summed E-state index contributed by atoms with van der Waals surface area (Å²) in [5, 5.41) is 0. The van der Waals surface area contributed by atoms with Crippen molar-refractivity contribution < 1.29 is 25.8 Å². The molecule has 0 fully saturated rings.